The average Bonchev–Trinajstić information content (AvgIpc) is 3.36. The van der Waals surface area contributed by atoms with Crippen LogP contribution in [0, 0.1) is 5.92 Å². The number of amides is 1. The maximum absolute atomic E-state index is 14.1. The molecule has 2 unspecified atom stereocenters. The highest BCUT2D eigenvalue weighted by Gasteiger charge is 2.36. The van der Waals surface area contributed by atoms with Crippen molar-refractivity contribution >= 4 is 44.0 Å². The van der Waals surface area contributed by atoms with E-state index in [1.807, 2.05) is 39.8 Å². The van der Waals surface area contributed by atoms with Crippen LogP contribution < -0.4 is 25.3 Å². The molecule has 2 aliphatic rings. The van der Waals surface area contributed by atoms with Crippen molar-refractivity contribution in [3.8, 4) is 17.2 Å². The van der Waals surface area contributed by atoms with Gasteiger partial charge in [0.1, 0.15) is 5.75 Å². The van der Waals surface area contributed by atoms with Crippen LogP contribution in [0.4, 0.5) is 0 Å². The average molecular weight is 577 g/mol. The van der Waals surface area contributed by atoms with E-state index in [-0.39, 0.29) is 35.5 Å². The predicted molar refractivity (Wildman–Crippen MR) is 162 cm³/mol. The quantitative estimate of drug-likeness (QED) is 0.288. The van der Waals surface area contributed by atoms with Gasteiger partial charge in [0.25, 0.3) is 17.0 Å². The highest BCUT2D eigenvalue weighted by Crippen LogP contribution is 2.40. The summed E-state index contributed by atoms with van der Waals surface area (Å²) in [7, 11) is 3.05. The number of nitrogens with zero attached hydrogens (tertiary/aromatic N) is 4. The van der Waals surface area contributed by atoms with Gasteiger partial charge >= 0.3 is 0 Å². The molecular weight excluding hydrogens is 548 g/mol. The molecule has 4 aromatic heterocycles. The number of hydrogen-bond acceptors (Lipinski definition) is 7. The molecule has 216 valence electrons. The van der Waals surface area contributed by atoms with E-state index in [1.54, 1.807) is 34.9 Å². The van der Waals surface area contributed by atoms with E-state index in [0.29, 0.717) is 58.7 Å². The number of fused-ring (bicyclic) bond motifs is 9. The van der Waals surface area contributed by atoms with E-state index in [9.17, 15) is 14.4 Å². The minimum atomic E-state index is -0.251. The molecule has 0 radical (unpaired) electrons. The van der Waals surface area contributed by atoms with Gasteiger partial charge in [-0.05, 0) is 48.7 Å². The van der Waals surface area contributed by atoms with Crippen LogP contribution in [0.25, 0.3) is 38.1 Å². The molecule has 2 atom stereocenters. The highest BCUT2D eigenvalue weighted by molar-refractivity contribution is 6.19. The number of methoxy groups -OCH3 is 2. The van der Waals surface area contributed by atoms with E-state index in [0.717, 1.165) is 28.4 Å². The third kappa shape index (κ3) is 3.72. The van der Waals surface area contributed by atoms with Crippen molar-refractivity contribution in [3.63, 3.8) is 0 Å². The number of carbonyl (C=O) groups excluding carboxylic acids is 1. The van der Waals surface area contributed by atoms with Gasteiger partial charge in [-0.3, -0.25) is 23.8 Å². The molecule has 0 saturated carbocycles. The van der Waals surface area contributed by atoms with E-state index in [4.69, 9.17) is 14.2 Å². The maximum atomic E-state index is 14.1. The Morgan fingerprint density at radius 1 is 0.953 bits per heavy atom. The van der Waals surface area contributed by atoms with Crippen LogP contribution in [-0.4, -0.2) is 58.7 Å². The lowest BCUT2D eigenvalue weighted by Crippen LogP contribution is -2.50. The molecule has 1 fully saturated rings. The van der Waals surface area contributed by atoms with Crippen molar-refractivity contribution in [1.29, 1.82) is 0 Å². The van der Waals surface area contributed by atoms with Crippen molar-refractivity contribution in [2.24, 2.45) is 5.92 Å². The number of benzene rings is 2. The van der Waals surface area contributed by atoms with Gasteiger partial charge in [-0.25, -0.2) is 0 Å². The fraction of sp³-hybridized carbons (Fsp3) is 0.273. The Bertz CT molecular complexity index is 2220. The molecule has 1 saturated heterocycles. The zero-order valence-corrected chi connectivity index (χ0v) is 23.7. The van der Waals surface area contributed by atoms with E-state index in [1.165, 1.54) is 14.2 Å². The lowest BCUT2D eigenvalue weighted by molar-refractivity contribution is -0.136. The normalized spacial score (nSPS) is 18.0. The summed E-state index contributed by atoms with van der Waals surface area (Å²) in [5.41, 5.74) is 2.82. The molecule has 0 N–H and O–H groups in total. The van der Waals surface area contributed by atoms with Gasteiger partial charge in [0, 0.05) is 65.7 Å². The summed E-state index contributed by atoms with van der Waals surface area (Å²) in [6.45, 7) is 1.66. The summed E-state index contributed by atoms with van der Waals surface area (Å²) in [4.78, 5) is 46.3. The van der Waals surface area contributed by atoms with Crippen molar-refractivity contribution in [2.45, 2.75) is 18.9 Å². The van der Waals surface area contributed by atoms with Gasteiger partial charge < -0.3 is 23.7 Å². The van der Waals surface area contributed by atoms with Crippen LogP contribution in [-0.2, 0) is 11.3 Å². The molecule has 6 heterocycles. The molecule has 6 aromatic rings. The first-order valence-electron chi connectivity index (χ1n) is 14.3. The lowest BCUT2D eigenvalue weighted by atomic mass is 9.83. The number of rotatable bonds is 5. The Labute approximate surface area is 245 Å². The molecule has 2 aromatic carbocycles. The summed E-state index contributed by atoms with van der Waals surface area (Å²) in [6, 6.07) is 16.4. The van der Waals surface area contributed by atoms with Crippen molar-refractivity contribution in [2.75, 3.05) is 33.9 Å². The summed E-state index contributed by atoms with van der Waals surface area (Å²) in [5.74, 6) is 1.57. The highest BCUT2D eigenvalue weighted by atomic mass is 16.5. The Morgan fingerprint density at radius 2 is 1.81 bits per heavy atom. The number of likely N-dealkylation sites (tertiary alicyclic amines) is 1. The zero-order chi connectivity index (χ0) is 29.4. The van der Waals surface area contributed by atoms with Gasteiger partial charge in [0.05, 0.1) is 36.2 Å². The number of aromatic nitrogens is 3. The smallest absolute Gasteiger partial charge is 0.267 e. The third-order valence-corrected chi connectivity index (χ3v) is 9.06. The van der Waals surface area contributed by atoms with Gasteiger partial charge in [-0.15, -0.1) is 0 Å². The predicted octanol–water partition coefficient (Wildman–Crippen LogP) is 3.80. The molecule has 1 amide bonds. The summed E-state index contributed by atoms with van der Waals surface area (Å²) in [6.07, 6.45) is 2.71. The van der Waals surface area contributed by atoms with Gasteiger partial charge in [0.2, 0.25) is 0 Å². The Morgan fingerprint density at radius 3 is 2.65 bits per heavy atom. The summed E-state index contributed by atoms with van der Waals surface area (Å²) < 4.78 is 20.6. The first kappa shape index (κ1) is 25.6. The lowest BCUT2D eigenvalue weighted by Gasteiger charge is -2.42. The molecule has 8 rings (SSSR count). The first-order chi connectivity index (χ1) is 21.0. The Balaban J connectivity index is 1.15. The number of piperidine rings is 1. The fourth-order valence-corrected chi connectivity index (χ4v) is 7.23. The Kier molecular flexibility index (Phi) is 5.62. The summed E-state index contributed by atoms with van der Waals surface area (Å²) >= 11 is 0. The van der Waals surface area contributed by atoms with E-state index in [2.05, 4.69) is 4.98 Å². The van der Waals surface area contributed by atoms with Crippen LogP contribution >= 0.6 is 0 Å². The van der Waals surface area contributed by atoms with Gasteiger partial charge in [-0.2, -0.15) is 0 Å². The standard InChI is InChI=1S/C33H28N4O6/c1-41-26-9-8-23-29(32(26)42-2)33(40)37-25-13-20(6-7-21(25)22-10-11-34-30(23)31(22)37)43-17-28(39)35-14-18-12-19(16-35)24-4-3-5-27(38)36(24)15-18/h3-11,13,18-19H,12,14-17H2,1-2H3. The van der Waals surface area contributed by atoms with Gasteiger partial charge in [-0.1, -0.05) is 6.07 Å². The molecule has 0 aliphatic carbocycles. The second kappa shape index (κ2) is 9.45. The molecule has 2 bridgehead atoms. The second-order valence-corrected chi connectivity index (χ2v) is 11.4. The minimum absolute atomic E-state index is 0.0187. The van der Waals surface area contributed by atoms with Crippen LogP contribution in [0.5, 0.6) is 17.2 Å². The van der Waals surface area contributed by atoms with Crippen LogP contribution in [0.15, 0.2) is 70.4 Å². The monoisotopic (exact) mass is 576 g/mol. The molecule has 10 nitrogen and oxygen atoms in total. The van der Waals surface area contributed by atoms with Crippen molar-refractivity contribution in [1.82, 2.24) is 18.9 Å². The molecule has 43 heavy (non-hydrogen) atoms. The van der Waals surface area contributed by atoms with Crippen molar-refractivity contribution in [3.05, 3.63) is 87.2 Å². The molecular formula is C33H28N4O6. The number of ether oxygens (including phenoxy) is 3. The van der Waals surface area contributed by atoms with Crippen molar-refractivity contribution < 1.29 is 19.0 Å². The largest absolute Gasteiger partial charge is 0.493 e. The van der Waals surface area contributed by atoms with Crippen LogP contribution in [0.3, 0.4) is 0 Å². The maximum Gasteiger partial charge on any atom is 0.267 e. The fourth-order valence-electron chi connectivity index (χ4n) is 7.23. The molecule has 0 spiro atoms. The minimum Gasteiger partial charge on any atom is -0.493 e. The number of pyridine rings is 3. The third-order valence-electron chi connectivity index (χ3n) is 9.06. The molecule has 2 aliphatic heterocycles. The van der Waals surface area contributed by atoms with Crippen LogP contribution in [0.2, 0.25) is 0 Å². The number of carbonyl (C=O) groups is 1. The summed E-state index contributed by atoms with van der Waals surface area (Å²) in [5, 5.41) is 2.84. The SMILES string of the molecule is COc1ccc2c(c1OC)c(=O)n1c3cc(OCC(=O)N4CC5CC(C4)c4cccc(=O)n4C5)ccc3c3ccnc2c31. The Hall–Kier alpha value is -5.12. The van der Waals surface area contributed by atoms with Gasteiger partial charge in [0.15, 0.2) is 18.1 Å². The molecule has 10 heteroatoms. The number of hydrogen-bond donors (Lipinski definition) is 0. The van der Waals surface area contributed by atoms with Crippen LogP contribution in [0.1, 0.15) is 18.0 Å². The topological polar surface area (TPSA) is 104 Å². The van der Waals surface area contributed by atoms with E-state index >= 15 is 0 Å². The zero-order valence-electron chi connectivity index (χ0n) is 23.7. The van der Waals surface area contributed by atoms with E-state index < -0.39 is 0 Å². The first-order valence-corrected chi connectivity index (χ1v) is 14.3. The second-order valence-electron chi connectivity index (χ2n) is 11.4.